The van der Waals surface area contributed by atoms with E-state index in [0.717, 1.165) is 23.1 Å². The first-order valence-corrected chi connectivity index (χ1v) is 6.84. The molecule has 0 saturated heterocycles. The first kappa shape index (κ1) is 12.9. The van der Waals surface area contributed by atoms with Crippen molar-refractivity contribution >= 4 is 11.1 Å². The van der Waals surface area contributed by atoms with Crippen LogP contribution in [0.4, 0.5) is 0 Å². The van der Waals surface area contributed by atoms with Gasteiger partial charge in [-0.05, 0) is 67.8 Å². The first-order valence-electron chi connectivity index (χ1n) is 6.84. The summed E-state index contributed by atoms with van der Waals surface area (Å²) in [6.07, 6.45) is 0.863. The Bertz CT molecular complexity index is 759. The fourth-order valence-corrected chi connectivity index (χ4v) is 2.29. The van der Waals surface area contributed by atoms with E-state index in [1.54, 1.807) is 0 Å². The van der Waals surface area contributed by atoms with E-state index in [2.05, 4.69) is 37.0 Å². The fraction of sp³-hybridized carbons (Fsp3) is 0.235. The molecule has 0 fully saturated rings. The third-order valence-corrected chi connectivity index (χ3v) is 3.64. The number of aryl methyl sites for hydroxylation is 2. The molecule has 3 aromatic rings. The molecule has 0 aliphatic heterocycles. The predicted molar refractivity (Wildman–Crippen MR) is 81.7 cm³/mol. The largest absolute Gasteiger partial charge is 0.436 e. The molecule has 3 heteroatoms. The highest BCUT2D eigenvalue weighted by Gasteiger charge is 2.09. The number of hydrogen-bond donors (Lipinski definition) is 1. The van der Waals surface area contributed by atoms with E-state index in [1.807, 2.05) is 18.2 Å². The normalized spacial score (nSPS) is 11.2. The number of oxazole rings is 1. The van der Waals surface area contributed by atoms with Gasteiger partial charge in [-0.15, -0.1) is 0 Å². The van der Waals surface area contributed by atoms with Crippen LogP contribution in [-0.4, -0.2) is 11.5 Å². The van der Waals surface area contributed by atoms with E-state index in [9.17, 15) is 0 Å². The summed E-state index contributed by atoms with van der Waals surface area (Å²) >= 11 is 0. The number of rotatable bonds is 3. The van der Waals surface area contributed by atoms with E-state index >= 15 is 0 Å². The maximum atomic E-state index is 5.84. The highest BCUT2D eigenvalue weighted by atomic mass is 16.3. The minimum atomic E-state index is 0.646. The minimum Gasteiger partial charge on any atom is -0.436 e. The molecule has 2 aromatic carbocycles. The molecule has 1 heterocycles. The maximum Gasteiger partial charge on any atom is 0.227 e. The molecule has 3 rings (SSSR count). The first-order chi connectivity index (χ1) is 9.67. The Hall–Kier alpha value is -2.13. The average molecular weight is 266 g/mol. The van der Waals surface area contributed by atoms with Crippen LogP contribution in [0.5, 0.6) is 0 Å². The van der Waals surface area contributed by atoms with Crippen LogP contribution >= 0.6 is 0 Å². The molecular formula is C17H18N2O. The van der Waals surface area contributed by atoms with Gasteiger partial charge in [-0.3, -0.25) is 0 Å². The summed E-state index contributed by atoms with van der Waals surface area (Å²) < 4.78 is 5.84. The number of aromatic nitrogens is 1. The lowest BCUT2D eigenvalue weighted by Crippen LogP contribution is -2.02. The van der Waals surface area contributed by atoms with Crippen LogP contribution in [0.3, 0.4) is 0 Å². The van der Waals surface area contributed by atoms with E-state index in [-0.39, 0.29) is 0 Å². The summed E-state index contributed by atoms with van der Waals surface area (Å²) in [5.74, 6) is 0.674. The van der Waals surface area contributed by atoms with Gasteiger partial charge in [0, 0.05) is 5.56 Å². The van der Waals surface area contributed by atoms with E-state index in [1.165, 1.54) is 16.7 Å². The predicted octanol–water partition coefficient (Wildman–Crippen LogP) is 3.61. The van der Waals surface area contributed by atoms with Crippen molar-refractivity contribution in [2.24, 2.45) is 5.73 Å². The summed E-state index contributed by atoms with van der Waals surface area (Å²) in [5, 5.41) is 0. The Kier molecular flexibility index (Phi) is 3.28. The van der Waals surface area contributed by atoms with Crippen molar-refractivity contribution in [3.05, 3.63) is 53.1 Å². The molecule has 102 valence electrons. The average Bonchev–Trinajstić information content (AvgIpc) is 2.85. The second kappa shape index (κ2) is 5.10. The molecule has 20 heavy (non-hydrogen) atoms. The molecule has 0 radical (unpaired) electrons. The Balaban J connectivity index is 2.05. The zero-order chi connectivity index (χ0) is 14.1. The monoisotopic (exact) mass is 266 g/mol. The lowest BCUT2D eigenvalue weighted by molar-refractivity contribution is 0.619. The van der Waals surface area contributed by atoms with Crippen molar-refractivity contribution in [3.8, 4) is 11.5 Å². The van der Waals surface area contributed by atoms with Gasteiger partial charge in [0.25, 0.3) is 0 Å². The van der Waals surface area contributed by atoms with Crippen molar-refractivity contribution < 1.29 is 4.42 Å². The molecule has 0 bridgehead atoms. The van der Waals surface area contributed by atoms with Gasteiger partial charge < -0.3 is 10.2 Å². The van der Waals surface area contributed by atoms with Crippen LogP contribution in [-0.2, 0) is 6.42 Å². The Morgan fingerprint density at radius 1 is 1.05 bits per heavy atom. The molecule has 0 spiro atoms. The lowest BCUT2D eigenvalue weighted by Gasteiger charge is -2.01. The summed E-state index contributed by atoms with van der Waals surface area (Å²) in [4.78, 5) is 4.59. The minimum absolute atomic E-state index is 0.646. The molecule has 0 unspecified atom stereocenters. The maximum absolute atomic E-state index is 5.84. The van der Waals surface area contributed by atoms with Crippen molar-refractivity contribution in [1.29, 1.82) is 0 Å². The van der Waals surface area contributed by atoms with Crippen molar-refractivity contribution in [1.82, 2.24) is 4.98 Å². The fourth-order valence-electron chi connectivity index (χ4n) is 2.29. The van der Waals surface area contributed by atoms with Crippen LogP contribution < -0.4 is 5.73 Å². The zero-order valence-electron chi connectivity index (χ0n) is 11.8. The number of fused-ring (bicyclic) bond motifs is 1. The van der Waals surface area contributed by atoms with E-state index in [4.69, 9.17) is 10.2 Å². The van der Waals surface area contributed by atoms with Crippen LogP contribution in [0, 0.1) is 13.8 Å². The van der Waals surface area contributed by atoms with Crippen LogP contribution in [0.25, 0.3) is 22.6 Å². The van der Waals surface area contributed by atoms with Gasteiger partial charge in [0.05, 0.1) is 0 Å². The summed E-state index contributed by atoms with van der Waals surface area (Å²) in [7, 11) is 0. The SMILES string of the molecule is Cc1ccc(-c2nc3cc(CCN)ccc3o2)cc1C. The molecule has 0 aliphatic carbocycles. The number of benzene rings is 2. The van der Waals surface area contributed by atoms with Gasteiger partial charge in [0.2, 0.25) is 5.89 Å². The second-order valence-corrected chi connectivity index (χ2v) is 5.16. The number of nitrogens with zero attached hydrogens (tertiary/aromatic N) is 1. The lowest BCUT2D eigenvalue weighted by atomic mass is 10.1. The highest BCUT2D eigenvalue weighted by Crippen LogP contribution is 2.26. The molecule has 0 amide bonds. The molecule has 0 saturated carbocycles. The third kappa shape index (κ3) is 2.32. The molecule has 0 atom stereocenters. The van der Waals surface area contributed by atoms with Gasteiger partial charge in [-0.2, -0.15) is 0 Å². The van der Waals surface area contributed by atoms with Crippen LogP contribution in [0.2, 0.25) is 0 Å². The zero-order valence-corrected chi connectivity index (χ0v) is 11.8. The van der Waals surface area contributed by atoms with Gasteiger partial charge in [0.1, 0.15) is 5.52 Å². The van der Waals surface area contributed by atoms with Gasteiger partial charge in [-0.25, -0.2) is 4.98 Å². The summed E-state index contributed by atoms with van der Waals surface area (Å²) in [6.45, 7) is 4.85. The van der Waals surface area contributed by atoms with E-state index < -0.39 is 0 Å². The van der Waals surface area contributed by atoms with Crippen LogP contribution in [0.15, 0.2) is 40.8 Å². The Morgan fingerprint density at radius 2 is 1.90 bits per heavy atom. The van der Waals surface area contributed by atoms with Crippen LogP contribution in [0.1, 0.15) is 16.7 Å². The topological polar surface area (TPSA) is 52.0 Å². The quantitative estimate of drug-likeness (QED) is 0.787. The van der Waals surface area contributed by atoms with Gasteiger partial charge in [0.15, 0.2) is 5.58 Å². The summed E-state index contributed by atoms with van der Waals surface area (Å²) in [5.41, 5.74) is 12.0. The van der Waals surface area contributed by atoms with Crippen molar-refractivity contribution in [2.45, 2.75) is 20.3 Å². The second-order valence-electron chi connectivity index (χ2n) is 5.16. The smallest absolute Gasteiger partial charge is 0.227 e. The third-order valence-electron chi connectivity index (χ3n) is 3.64. The van der Waals surface area contributed by atoms with Crippen molar-refractivity contribution in [2.75, 3.05) is 6.54 Å². The highest BCUT2D eigenvalue weighted by molar-refractivity contribution is 5.77. The van der Waals surface area contributed by atoms with Gasteiger partial charge in [-0.1, -0.05) is 12.1 Å². The number of nitrogens with two attached hydrogens (primary N) is 1. The molecule has 3 nitrogen and oxygen atoms in total. The van der Waals surface area contributed by atoms with Crippen molar-refractivity contribution in [3.63, 3.8) is 0 Å². The molecular weight excluding hydrogens is 248 g/mol. The van der Waals surface area contributed by atoms with Gasteiger partial charge >= 0.3 is 0 Å². The van der Waals surface area contributed by atoms with E-state index in [0.29, 0.717) is 12.4 Å². The molecule has 0 aliphatic rings. The standard InChI is InChI=1S/C17H18N2O/c1-11-3-5-14(9-12(11)2)17-19-15-10-13(7-8-18)4-6-16(15)20-17/h3-6,9-10H,7-8,18H2,1-2H3. The molecule has 2 N–H and O–H groups in total. The molecule has 1 aromatic heterocycles. The summed E-state index contributed by atoms with van der Waals surface area (Å²) in [6, 6.07) is 12.3. The Labute approximate surface area is 118 Å². The Morgan fingerprint density at radius 3 is 2.65 bits per heavy atom. The number of hydrogen-bond acceptors (Lipinski definition) is 3.